The summed E-state index contributed by atoms with van der Waals surface area (Å²) in [6.07, 6.45) is 3.38. The van der Waals surface area contributed by atoms with Crippen LogP contribution in [0.25, 0.3) is 21.3 Å². The predicted molar refractivity (Wildman–Crippen MR) is 122 cm³/mol. The summed E-state index contributed by atoms with van der Waals surface area (Å²) in [6, 6.07) is 16.3. The van der Waals surface area contributed by atoms with Crippen molar-refractivity contribution in [3.8, 4) is 5.75 Å². The topological polar surface area (TPSA) is 90.5 Å². The monoisotopic (exact) mass is 446 g/mol. The maximum atomic E-state index is 13.5. The lowest BCUT2D eigenvalue weighted by atomic mass is 10.2. The third kappa shape index (κ3) is 3.74. The average molecular weight is 446 g/mol. The number of aromatic nitrogens is 3. The zero-order chi connectivity index (χ0) is 22.1. The molecule has 3 aromatic heterocycles. The third-order valence-corrected chi connectivity index (χ3v) is 6.11. The lowest BCUT2D eigenvalue weighted by Crippen LogP contribution is -2.35. The van der Waals surface area contributed by atoms with Crippen LogP contribution >= 0.6 is 11.3 Å². The number of nitrogens with zero attached hydrogens (tertiary/aromatic N) is 4. The van der Waals surface area contributed by atoms with E-state index in [9.17, 15) is 9.59 Å². The molecule has 32 heavy (non-hydrogen) atoms. The molecule has 1 amide bonds. The minimum Gasteiger partial charge on any atom is -0.497 e. The summed E-state index contributed by atoms with van der Waals surface area (Å²) in [5.41, 5.74) is 2.60. The van der Waals surface area contributed by atoms with Crippen molar-refractivity contribution >= 4 is 43.7 Å². The molecule has 5 aromatic rings. The van der Waals surface area contributed by atoms with Crippen LogP contribution in [-0.2, 0) is 17.9 Å². The first kappa shape index (κ1) is 20.0. The van der Waals surface area contributed by atoms with Gasteiger partial charge in [0.15, 0.2) is 10.7 Å². The van der Waals surface area contributed by atoms with Gasteiger partial charge in [0.1, 0.15) is 12.3 Å². The van der Waals surface area contributed by atoms with Crippen LogP contribution in [0.3, 0.4) is 0 Å². The lowest BCUT2D eigenvalue weighted by molar-refractivity contribution is -0.119. The summed E-state index contributed by atoms with van der Waals surface area (Å²) in [5, 5.41) is 0.531. The first-order valence-corrected chi connectivity index (χ1v) is 10.7. The van der Waals surface area contributed by atoms with E-state index >= 15 is 0 Å². The highest BCUT2D eigenvalue weighted by atomic mass is 32.1. The van der Waals surface area contributed by atoms with Gasteiger partial charge in [-0.1, -0.05) is 29.5 Å². The van der Waals surface area contributed by atoms with Gasteiger partial charge in [-0.15, -0.1) is 0 Å². The van der Waals surface area contributed by atoms with E-state index in [-0.39, 0.29) is 19.0 Å². The Hall–Kier alpha value is -3.98. The predicted octanol–water partition coefficient (Wildman–Crippen LogP) is 3.84. The van der Waals surface area contributed by atoms with Crippen LogP contribution < -0.4 is 15.4 Å². The Balaban J connectivity index is 1.54. The number of hydrogen-bond acceptors (Lipinski definition) is 7. The summed E-state index contributed by atoms with van der Waals surface area (Å²) in [4.78, 5) is 36.2. The zero-order valence-electron chi connectivity index (χ0n) is 17.1. The number of carbonyl (C=O) groups excluding carboxylic acids is 1. The molecule has 0 aliphatic rings. The fourth-order valence-electron chi connectivity index (χ4n) is 3.46. The van der Waals surface area contributed by atoms with Crippen LogP contribution in [0, 0.1) is 0 Å². The second-order valence-electron chi connectivity index (χ2n) is 7.09. The number of fused-ring (bicyclic) bond motifs is 2. The molecule has 0 bridgehead atoms. The first-order valence-electron chi connectivity index (χ1n) is 9.84. The number of carbonyl (C=O) groups is 1. The van der Waals surface area contributed by atoms with Crippen molar-refractivity contribution in [2.75, 3.05) is 12.0 Å². The van der Waals surface area contributed by atoms with Crippen LogP contribution in [-0.4, -0.2) is 27.6 Å². The van der Waals surface area contributed by atoms with Crippen molar-refractivity contribution in [2.24, 2.45) is 0 Å². The molecule has 0 aliphatic heterocycles. The Morgan fingerprint density at radius 2 is 2.06 bits per heavy atom. The van der Waals surface area contributed by atoms with Crippen molar-refractivity contribution in [1.82, 2.24) is 14.5 Å². The minimum atomic E-state index is -0.574. The number of thiazole rings is 1. The van der Waals surface area contributed by atoms with Crippen molar-refractivity contribution in [3.05, 3.63) is 83.1 Å². The van der Waals surface area contributed by atoms with E-state index in [4.69, 9.17) is 9.15 Å². The molecule has 9 heteroatoms. The fraction of sp³-hybridized carbons (Fsp3) is 0.130. The van der Waals surface area contributed by atoms with Gasteiger partial charge in [0.25, 0.3) is 0 Å². The van der Waals surface area contributed by atoms with Crippen molar-refractivity contribution in [1.29, 1.82) is 0 Å². The largest absolute Gasteiger partial charge is 0.497 e. The normalized spacial score (nSPS) is 11.2. The molecule has 0 radical (unpaired) electrons. The Morgan fingerprint density at radius 3 is 2.88 bits per heavy atom. The number of methoxy groups -OCH3 is 1. The molecule has 5 rings (SSSR count). The third-order valence-electron chi connectivity index (χ3n) is 5.05. The van der Waals surface area contributed by atoms with Gasteiger partial charge in [-0.25, -0.2) is 9.78 Å². The molecule has 0 aliphatic carbocycles. The molecule has 0 saturated heterocycles. The number of rotatable bonds is 6. The number of ether oxygens (including phenoxy) is 1. The summed E-state index contributed by atoms with van der Waals surface area (Å²) in [6.45, 7) is 0.101. The maximum absolute atomic E-state index is 13.5. The van der Waals surface area contributed by atoms with E-state index in [1.165, 1.54) is 15.9 Å². The fourth-order valence-corrected chi connectivity index (χ4v) is 4.42. The highest BCUT2D eigenvalue weighted by molar-refractivity contribution is 7.22. The summed E-state index contributed by atoms with van der Waals surface area (Å²) in [5.74, 6) is -0.167. The quantitative estimate of drug-likeness (QED) is 0.394. The molecule has 0 spiro atoms. The smallest absolute Gasteiger partial charge is 0.420 e. The van der Waals surface area contributed by atoms with Crippen LogP contribution in [0.2, 0.25) is 0 Å². The molecule has 0 unspecified atom stereocenters. The van der Waals surface area contributed by atoms with Gasteiger partial charge >= 0.3 is 5.76 Å². The molecule has 160 valence electrons. The van der Waals surface area contributed by atoms with E-state index in [0.717, 1.165) is 15.8 Å². The van der Waals surface area contributed by atoms with Crippen molar-refractivity contribution in [3.63, 3.8) is 0 Å². The van der Waals surface area contributed by atoms with Gasteiger partial charge in [-0.05, 0) is 35.9 Å². The van der Waals surface area contributed by atoms with E-state index in [1.807, 2.05) is 30.3 Å². The minimum absolute atomic E-state index is 0.171. The molecule has 0 fully saturated rings. The highest BCUT2D eigenvalue weighted by Gasteiger charge is 2.23. The molecular weight excluding hydrogens is 428 g/mol. The van der Waals surface area contributed by atoms with Gasteiger partial charge in [0.2, 0.25) is 5.91 Å². The number of anilines is 1. The molecule has 0 saturated carbocycles. The second-order valence-corrected chi connectivity index (χ2v) is 8.10. The van der Waals surface area contributed by atoms with Gasteiger partial charge in [-0.2, -0.15) is 0 Å². The molecule has 2 aromatic carbocycles. The van der Waals surface area contributed by atoms with E-state index in [0.29, 0.717) is 22.0 Å². The van der Waals surface area contributed by atoms with Crippen LogP contribution in [0.4, 0.5) is 5.13 Å². The number of oxazole rings is 1. The zero-order valence-corrected chi connectivity index (χ0v) is 17.9. The highest BCUT2D eigenvalue weighted by Crippen LogP contribution is 2.32. The summed E-state index contributed by atoms with van der Waals surface area (Å²) >= 11 is 1.40. The Kier molecular flexibility index (Phi) is 5.16. The maximum Gasteiger partial charge on any atom is 0.420 e. The SMILES string of the molecule is COc1ccc2sc(N(Cc3cccnc3)C(=O)Cn3c(=O)oc4ccccc43)nc2c1. The molecular formula is C23H18N4O4S. The van der Waals surface area contributed by atoms with Crippen LogP contribution in [0.15, 0.2) is 76.2 Å². The molecule has 0 atom stereocenters. The van der Waals surface area contributed by atoms with Crippen LogP contribution in [0.1, 0.15) is 5.56 Å². The number of amides is 1. The van der Waals surface area contributed by atoms with E-state index in [1.54, 1.807) is 48.7 Å². The van der Waals surface area contributed by atoms with Gasteiger partial charge in [0, 0.05) is 18.5 Å². The molecule has 3 heterocycles. The lowest BCUT2D eigenvalue weighted by Gasteiger charge is -2.20. The number of hydrogen-bond donors (Lipinski definition) is 0. The van der Waals surface area contributed by atoms with Gasteiger partial charge in [-0.3, -0.25) is 19.2 Å². The molecule has 8 nitrogen and oxygen atoms in total. The van der Waals surface area contributed by atoms with Crippen LogP contribution in [0.5, 0.6) is 5.75 Å². The number of para-hydroxylation sites is 2. The van der Waals surface area contributed by atoms with Crippen molar-refractivity contribution in [2.45, 2.75) is 13.1 Å². The Labute approximate surface area is 186 Å². The van der Waals surface area contributed by atoms with Gasteiger partial charge < -0.3 is 9.15 Å². The van der Waals surface area contributed by atoms with Crippen molar-refractivity contribution < 1.29 is 13.9 Å². The number of pyridine rings is 1. The standard InChI is InChI=1S/C23H18N4O4S/c1-30-16-8-9-20-17(11-16)25-22(32-20)27(13-15-5-4-10-24-12-15)21(28)14-26-18-6-2-3-7-19(18)31-23(26)29/h2-12H,13-14H2,1H3. The van der Waals surface area contributed by atoms with E-state index in [2.05, 4.69) is 9.97 Å². The Morgan fingerprint density at radius 1 is 1.19 bits per heavy atom. The number of benzene rings is 2. The van der Waals surface area contributed by atoms with Gasteiger partial charge in [0.05, 0.1) is 29.4 Å². The second kappa shape index (κ2) is 8.27. The summed E-state index contributed by atoms with van der Waals surface area (Å²) < 4.78 is 12.8. The van der Waals surface area contributed by atoms with E-state index < -0.39 is 5.76 Å². The Bertz CT molecular complexity index is 1470. The molecule has 0 N–H and O–H groups in total. The first-order chi connectivity index (χ1) is 15.6. The summed E-state index contributed by atoms with van der Waals surface area (Å²) in [7, 11) is 1.60. The average Bonchev–Trinajstić information content (AvgIpc) is 3.38.